The van der Waals surface area contributed by atoms with Crippen LogP contribution in [0.5, 0.6) is 11.5 Å². The maximum Gasteiger partial charge on any atom is 0.270 e. The molecule has 0 unspecified atom stereocenters. The van der Waals surface area contributed by atoms with Crippen LogP contribution < -0.4 is 19.7 Å². The third kappa shape index (κ3) is 5.65. The van der Waals surface area contributed by atoms with Crippen LogP contribution >= 0.6 is 24.0 Å². The van der Waals surface area contributed by atoms with Crippen molar-refractivity contribution in [2.45, 2.75) is 6.92 Å². The second kappa shape index (κ2) is 10.5. The van der Waals surface area contributed by atoms with Crippen LogP contribution in [0, 0.1) is 6.92 Å². The Labute approximate surface area is 207 Å². The first-order valence-electron chi connectivity index (χ1n) is 10.4. The van der Waals surface area contributed by atoms with E-state index < -0.39 is 0 Å². The molecule has 3 aromatic carbocycles. The molecule has 6 nitrogen and oxygen atoms in total. The number of amides is 2. The third-order valence-corrected chi connectivity index (χ3v) is 6.29. The van der Waals surface area contributed by atoms with Gasteiger partial charge in [-0.2, -0.15) is 0 Å². The topological polar surface area (TPSA) is 67.9 Å². The summed E-state index contributed by atoms with van der Waals surface area (Å²) in [4.78, 5) is 27.2. The van der Waals surface area contributed by atoms with Crippen LogP contribution in [0.25, 0.3) is 6.08 Å². The van der Waals surface area contributed by atoms with E-state index in [-0.39, 0.29) is 18.4 Å². The number of ether oxygens (including phenoxy) is 2. The van der Waals surface area contributed by atoms with Crippen molar-refractivity contribution in [2.75, 3.05) is 23.9 Å². The molecule has 1 fully saturated rings. The van der Waals surface area contributed by atoms with E-state index in [9.17, 15) is 9.59 Å². The molecule has 0 aliphatic carbocycles. The molecule has 172 valence electrons. The number of methoxy groups -OCH3 is 1. The molecular weight excluding hydrogens is 468 g/mol. The first-order chi connectivity index (χ1) is 16.4. The van der Waals surface area contributed by atoms with E-state index in [0.717, 1.165) is 11.1 Å². The van der Waals surface area contributed by atoms with Gasteiger partial charge in [0.1, 0.15) is 11.5 Å². The normalized spacial score (nSPS) is 14.4. The van der Waals surface area contributed by atoms with Gasteiger partial charge in [0.2, 0.25) is 0 Å². The highest BCUT2D eigenvalue weighted by atomic mass is 32.2. The van der Waals surface area contributed by atoms with E-state index in [2.05, 4.69) is 5.32 Å². The fourth-order valence-corrected chi connectivity index (χ4v) is 4.55. The van der Waals surface area contributed by atoms with E-state index >= 15 is 0 Å². The van der Waals surface area contributed by atoms with Crippen LogP contribution in [0.1, 0.15) is 11.1 Å². The predicted molar refractivity (Wildman–Crippen MR) is 140 cm³/mol. The minimum Gasteiger partial charge on any atom is -0.497 e. The van der Waals surface area contributed by atoms with E-state index in [1.165, 1.54) is 16.7 Å². The number of rotatable bonds is 7. The van der Waals surface area contributed by atoms with Crippen LogP contribution in [0.4, 0.5) is 11.4 Å². The lowest BCUT2D eigenvalue weighted by Crippen LogP contribution is -2.27. The Balaban J connectivity index is 1.41. The Bertz CT molecular complexity index is 1250. The van der Waals surface area contributed by atoms with Crippen molar-refractivity contribution < 1.29 is 19.1 Å². The predicted octanol–water partition coefficient (Wildman–Crippen LogP) is 5.43. The summed E-state index contributed by atoms with van der Waals surface area (Å²) < 4.78 is 11.3. The summed E-state index contributed by atoms with van der Waals surface area (Å²) in [6.07, 6.45) is 1.77. The number of carbonyl (C=O) groups excluding carboxylic acids is 2. The molecule has 0 aromatic heterocycles. The molecule has 0 bridgehead atoms. The number of nitrogens with one attached hydrogen (secondary N) is 1. The first kappa shape index (κ1) is 23.5. The van der Waals surface area contributed by atoms with Gasteiger partial charge >= 0.3 is 0 Å². The highest BCUT2D eigenvalue weighted by molar-refractivity contribution is 8.27. The number of thioether (sulfide) groups is 1. The molecule has 8 heteroatoms. The van der Waals surface area contributed by atoms with Crippen LogP contribution in [0.15, 0.2) is 77.7 Å². The summed E-state index contributed by atoms with van der Waals surface area (Å²) in [7, 11) is 1.59. The third-order valence-electron chi connectivity index (χ3n) is 4.99. The molecule has 0 spiro atoms. The summed E-state index contributed by atoms with van der Waals surface area (Å²) in [5, 5.41) is 2.80. The van der Waals surface area contributed by atoms with E-state index in [0.29, 0.717) is 32.1 Å². The van der Waals surface area contributed by atoms with Gasteiger partial charge in [-0.1, -0.05) is 53.8 Å². The van der Waals surface area contributed by atoms with Gasteiger partial charge in [-0.3, -0.25) is 14.5 Å². The van der Waals surface area contributed by atoms with Gasteiger partial charge in [-0.25, -0.2) is 0 Å². The molecule has 2 amide bonds. The van der Waals surface area contributed by atoms with Gasteiger partial charge in [0.15, 0.2) is 10.9 Å². The lowest BCUT2D eigenvalue weighted by atomic mass is 10.2. The van der Waals surface area contributed by atoms with Gasteiger partial charge in [-0.05, 0) is 67.1 Å². The zero-order valence-corrected chi connectivity index (χ0v) is 20.2. The number of hydrogen-bond donors (Lipinski definition) is 1. The Morgan fingerprint density at radius 2 is 1.79 bits per heavy atom. The van der Waals surface area contributed by atoms with Crippen molar-refractivity contribution in [1.82, 2.24) is 0 Å². The number of aryl methyl sites for hydroxylation is 1. The highest BCUT2D eigenvalue weighted by Gasteiger charge is 2.33. The fraction of sp³-hybridized carbons (Fsp3) is 0.115. The Hall–Kier alpha value is -3.62. The molecule has 3 aromatic rings. The first-order valence-corrected chi connectivity index (χ1v) is 11.7. The lowest BCUT2D eigenvalue weighted by molar-refractivity contribution is -0.118. The molecular formula is C26H22N2O4S2. The SMILES string of the molecule is COc1ccc(N2C(=O)/C(=C/c3cccc(OCC(=O)Nc4ccc(C)cc4)c3)SC2=S)cc1. The van der Waals surface area contributed by atoms with Gasteiger partial charge in [0, 0.05) is 5.69 Å². The summed E-state index contributed by atoms with van der Waals surface area (Å²) >= 11 is 6.68. The minimum absolute atomic E-state index is 0.128. The van der Waals surface area contributed by atoms with Crippen LogP contribution in [-0.4, -0.2) is 29.9 Å². The van der Waals surface area contributed by atoms with Crippen LogP contribution in [-0.2, 0) is 9.59 Å². The van der Waals surface area contributed by atoms with Crippen molar-refractivity contribution in [1.29, 1.82) is 0 Å². The molecule has 1 saturated heterocycles. The number of anilines is 2. The van der Waals surface area contributed by atoms with E-state index in [1.54, 1.807) is 49.6 Å². The van der Waals surface area contributed by atoms with Crippen LogP contribution in [0.3, 0.4) is 0 Å². The molecule has 0 saturated carbocycles. The number of benzene rings is 3. The Kier molecular flexibility index (Phi) is 7.30. The van der Waals surface area contributed by atoms with Gasteiger partial charge in [-0.15, -0.1) is 0 Å². The quantitative estimate of drug-likeness (QED) is 0.352. The van der Waals surface area contributed by atoms with Crippen molar-refractivity contribution in [3.8, 4) is 11.5 Å². The smallest absolute Gasteiger partial charge is 0.270 e. The Morgan fingerprint density at radius 1 is 1.06 bits per heavy atom. The summed E-state index contributed by atoms with van der Waals surface area (Å²) in [6, 6.07) is 21.9. The molecule has 0 atom stereocenters. The number of thiocarbonyl (C=S) groups is 1. The van der Waals surface area contributed by atoms with Crippen molar-refractivity contribution in [3.63, 3.8) is 0 Å². The largest absolute Gasteiger partial charge is 0.497 e. The molecule has 34 heavy (non-hydrogen) atoms. The zero-order chi connectivity index (χ0) is 24.1. The summed E-state index contributed by atoms with van der Waals surface area (Å²) in [6.45, 7) is 1.86. The maximum absolute atomic E-state index is 13.0. The van der Waals surface area contributed by atoms with Gasteiger partial charge in [0.05, 0.1) is 17.7 Å². The second-order valence-electron chi connectivity index (χ2n) is 7.49. The average molecular weight is 491 g/mol. The zero-order valence-electron chi connectivity index (χ0n) is 18.6. The van der Waals surface area contributed by atoms with Crippen molar-refractivity contribution in [2.24, 2.45) is 0 Å². The van der Waals surface area contributed by atoms with Crippen molar-refractivity contribution in [3.05, 3.63) is 88.8 Å². The average Bonchev–Trinajstić information content (AvgIpc) is 3.12. The minimum atomic E-state index is -0.255. The molecule has 0 radical (unpaired) electrons. The summed E-state index contributed by atoms with van der Waals surface area (Å²) in [5.41, 5.74) is 3.29. The molecule has 1 aliphatic heterocycles. The maximum atomic E-state index is 13.0. The monoisotopic (exact) mass is 490 g/mol. The van der Waals surface area contributed by atoms with E-state index in [4.69, 9.17) is 21.7 Å². The summed E-state index contributed by atoms with van der Waals surface area (Å²) in [5.74, 6) is 0.783. The Morgan fingerprint density at radius 3 is 2.50 bits per heavy atom. The number of carbonyl (C=O) groups is 2. The van der Waals surface area contributed by atoms with Gasteiger partial charge in [0.25, 0.3) is 11.8 Å². The molecule has 4 rings (SSSR count). The number of nitrogens with zero attached hydrogens (tertiary/aromatic N) is 1. The molecule has 1 heterocycles. The fourth-order valence-electron chi connectivity index (χ4n) is 3.25. The number of hydrogen-bond acceptors (Lipinski definition) is 6. The highest BCUT2D eigenvalue weighted by Crippen LogP contribution is 2.36. The standard InChI is InChI=1S/C26H22N2O4S2/c1-17-6-8-19(9-7-17)27-24(29)16-32-22-5-3-4-18(14-22)15-23-25(30)28(26(33)34-23)20-10-12-21(31-2)13-11-20/h3-15H,16H2,1-2H3,(H,27,29)/b23-15-. The van der Waals surface area contributed by atoms with Gasteiger partial charge < -0.3 is 14.8 Å². The molecule has 1 N–H and O–H groups in total. The van der Waals surface area contributed by atoms with Crippen LogP contribution in [0.2, 0.25) is 0 Å². The van der Waals surface area contributed by atoms with Crippen molar-refractivity contribution >= 4 is 57.6 Å². The second-order valence-corrected chi connectivity index (χ2v) is 9.17. The molecule has 1 aliphatic rings. The van der Waals surface area contributed by atoms with E-state index in [1.807, 2.05) is 43.3 Å². The lowest BCUT2D eigenvalue weighted by Gasteiger charge is -2.14.